The maximum Gasteiger partial charge on any atom is 0.107 e. The smallest absolute Gasteiger partial charge is 0.107 e. The molecule has 0 fully saturated rings. The van der Waals surface area contributed by atoms with Crippen molar-refractivity contribution in [3.05, 3.63) is 17.8 Å². The minimum absolute atomic E-state index is 1.25. The molecule has 56 valence electrons. The number of nitrogens with zero attached hydrogens (tertiary/aromatic N) is 2. The second-order valence-corrected chi connectivity index (χ2v) is 2.79. The predicted molar refractivity (Wildman–Crippen MR) is 44.5 cm³/mol. The fourth-order valence-corrected chi connectivity index (χ4v) is 1.05. The minimum Gasteiger partial charge on any atom is -0.364 e. The largest absolute Gasteiger partial charge is 0.364 e. The molecular weight excluding hydrogens is 124 g/mol. The summed E-state index contributed by atoms with van der Waals surface area (Å²) in [6, 6.07) is 4.24. The van der Waals surface area contributed by atoms with E-state index >= 15 is 0 Å². The Morgan fingerprint density at radius 3 is 2.10 bits per heavy atom. The first-order valence-electron chi connectivity index (χ1n) is 3.42. The molecule has 1 aromatic heterocycles. The molecule has 1 aromatic rings. The van der Waals surface area contributed by atoms with E-state index in [4.69, 9.17) is 0 Å². The Labute approximate surface area is 62.1 Å². The van der Waals surface area contributed by atoms with E-state index in [1.165, 1.54) is 11.5 Å². The Morgan fingerprint density at radius 1 is 1.30 bits per heavy atom. The van der Waals surface area contributed by atoms with Crippen molar-refractivity contribution in [2.75, 3.05) is 19.0 Å². The number of rotatable bonds is 1. The van der Waals surface area contributed by atoms with Crippen LogP contribution in [0.4, 0.5) is 5.82 Å². The van der Waals surface area contributed by atoms with Crippen molar-refractivity contribution in [3.63, 3.8) is 0 Å². The van der Waals surface area contributed by atoms with Gasteiger partial charge in [-0.15, -0.1) is 0 Å². The number of hydrogen-bond donors (Lipinski definition) is 0. The maximum absolute atomic E-state index is 2.17. The molecule has 0 atom stereocenters. The quantitative estimate of drug-likeness (QED) is 0.569. The fraction of sp³-hybridized carbons (Fsp3) is 0.500. The summed E-state index contributed by atoms with van der Waals surface area (Å²) in [5.41, 5.74) is 1.30. The summed E-state index contributed by atoms with van der Waals surface area (Å²) in [4.78, 5) is 2.10. The molecule has 1 heterocycles. The molecule has 1 rings (SSSR count). The molecule has 0 aliphatic rings. The van der Waals surface area contributed by atoms with Gasteiger partial charge in [0.15, 0.2) is 0 Å². The lowest BCUT2D eigenvalue weighted by atomic mass is 10.5. The van der Waals surface area contributed by atoms with Crippen LogP contribution in [0, 0.1) is 6.92 Å². The van der Waals surface area contributed by atoms with E-state index in [2.05, 4.69) is 49.7 Å². The zero-order valence-electron chi connectivity index (χ0n) is 7.05. The third kappa shape index (κ3) is 1.01. The first-order chi connectivity index (χ1) is 4.63. The van der Waals surface area contributed by atoms with Gasteiger partial charge in [0.1, 0.15) is 5.82 Å². The van der Waals surface area contributed by atoms with E-state index < -0.39 is 0 Å². The van der Waals surface area contributed by atoms with Crippen LogP contribution >= 0.6 is 0 Å². The van der Waals surface area contributed by atoms with Gasteiger partial charge >= 0.3 is 0 Å². The van der Waals surface area contributed by atoms with Crippen LogP contribution in [-0.2, 0) is 7.05 Å². The summed E-state index contributed by atoms with van der Waals surface area (Å²) in [5.74, 6) is 1.25. The normalized spacial score (nSPS) is 10.0. The summed E-state index contributed by atoms with van der Waals surface area (Å²) in [5, 5.41) is 0. The highest BCUT2D eigenvalue weighted by molar-refractivity contribution is 5.40. The lowest BCUT2D eigenvalue weighted by molar-refractivity contribution is 0.852. The molecule has 0 saturated heterocycles. The van der Waals surface area contributed by atoms with E-state index in [0.717, 1.165) is 0 Å². The highest BCUT2D eigenvalue weighted by Crippen LogP contribution is 2.13. The second kappa shape index (κ2) is 2.37. The minimum atomic E-state index is 1.25. The number of aryl methyl sites for hydroxylation is 1. The van der Waals surface area contributed by atoms with Crippen LogP contribution in [0.3, 0.4) is 0 Å². The maximum atomic E-state index is 2.17. The van der Waals surface area contributed by atoms with Crippen molar-refractivity contribution >= 4 is 5.82 Å². The molecule has 2 nitrogen and oxygen atoms in total. The molecule has 0 amide bonds. The van der Waals surface area contributed by atoms with E-state index in [1.807, 2.05) is 0 Å². The number of aromatic nitrogens is 1. The summed E-state index contributed by atoms with van der Waals surface area (Å²) in [6.45, 7) is 2.10. The van der Waals surface area contributed by atoms with E-state index in [-0.39, 0.29) is 0 Å². The monoisotopic (exact) mass is 138 g/mol. The van der Waals surface area contributed by atoms with Crippen LogP contribution in [0.1, 0.15) is 5.69 Å². The van der Waals surface area contributed by atoms with Crippen molar-refractivity contribution in [1.29, 1.82) is 0 Å². The first kappa shape index (κ1) is 7.19. The Balaban J connectivity index is 3.05. The van der Waals surface area contributed by atoms with Gasteiger partial charge in [0, 0.05) is 26.8 Å². The molecule has 0 radical (unpaired) electrons. The van der Waals surface area contributed by atoms with Gasteiger partial charge < -0.3 is 9.47 Å². The van der Waals surface area contributed by atoms with Gasteiger partial charge in [-0.2, -0.15) is 0 Å². The SMILES string of the molecule is Cc1ccc(N(C)C)n1C. The van der Waals surface area contributed by atoms with Gasteiger partial charge in [0.05, 0.1) is 0 Å². The predicted octanol–water partition coefficient (Wildman–Crippen LogP) is 1.40. The molecule has 0 aliphatic heterocycles. The zero-order chi connectivity index (χ0) is 7.72. The molecule has 0 spiro atoms. The highest BCUT2D eigenvalue weighted by Gasteiger charge is 2.00. The topological polar surface area (TPSA) is 8.17 Å². The molecule has 0 aliphatic carbocycles. The Kier molecular flexibility index (Phi) is 1.70. The summed E-state index contributed by atoms with van der Waals surface area (Å²) < 4.78 is 2.17. The van der Waals surface area contributed by atoms with Gasteiger partial charge in [-0.1, -0.05) is 0 Å². The van der Waals surface area contributed by atoms with E-state index in [0.29, 0.717) is 0 Å². The van der Waals surface area contributed by atoms with Gasteiger partial charge in [-0.05, 0) is 19.1 Å². The van der Waals surface area contributed by atoms with Crippen molar-refractivity contribution < 1.29 is 0 Å². The van der Waals surface area contributed by atoms with Gasteiger partial charge in [0.25, 0.3) is 0 Å². The molecule has 0 N–H and O–H groups in total. The average Bonchev–Trinajstić information content (AvgIpc) is 2.14. The van der Waals surface area contributed by atoms with Crippen LogP contribution in [0.5, 0.6) is 0 Å². The van der Waals surface area contributed by atoms with Crippen LogP contribution in [-0.4, -0.2) is 18.7 Å². The van der Waals surface area contributed by atoms with Crippen LogP contribution in [0.15, 0.2) is 12.1 Å². The lowest BCUT2D eigenvalue weighted by Crippen LogP contribution is -2.12. The van der Waals surface area contributed by atoms with Gasteiger partial charge in [-0.25, -0.2) is 0 Å². The molecule has 2 heteroatoms. The van der Waals surface area contributed by atoms with E-state index in [1.54, 1.807) is 0 Å². The van der Waals surface area contributed by atoms with Crippen LogP contribution in [0.25, 0.3) is 0 Å². The van der Waals surface area contributed by atoms with Crippen molar-refractivity contribution in [2.45, 2.75) is 6.92 Å². The Bertz CT molecular complexity index is 223. The van der Waals surface area contributed by atoms with Crippen molar-refractivity contribution in [2.24, 2.45) is 7.05 Å². The molecule has 0 aromatic carbocycles. The standard InChI is InChI=1S/C8H14N2/c1-7-5-6-8(9(2)3)10(7)4/h5-6H,1-4H3. The Hall–Kier alpha value is -0.920. The second-order valence-electron chi connectivity index (χ2n) is 2.79. The third-order valence-corrected chi connectivity index (χ3v) is 1.80. The molecular formula is C8H14N2. The summed E-state index contributed by atoms with van der Waals surface area (Å²) in [7, 11) is 6.17. The molecule has 0 bridgehead atoms. The zero-order valence-corrected chi connectivity index (χ0v) is 7.05. The van der Waals surface area contributed by atoms with Gasteiger partial charge in [-0.3, -0.25) is 0 Å². The highest BCUT2D eigenvalue weighted by atomic mass is 15.2. The van der Waals surface area contributed by atoms with Crippen LogP contribution < -0.4 is 4.90 Å². The summed E-state index contributed by atoms with van der Waals surface area (Å²) >= 11 is 0. The number of hydrogen-bond acceptors (Lipinski definition) is 1. The molecule has 10 heavy (non-hydrogen) atoms. The fourth-order valence-electron chi connectivity index (χ4n) is 1.05. The molecule has 0 unspecified atom stereocenters. The third-order valence-electron chi connectivity index (χ3n) is 1.80. The molecule has 0 saturated carbocycles. The number of anilines is 1. The Morgan fingerprint density at radius 2 is 1.90 bits per heavy atom. The van der Waals surface area contributed by atoms with E-state index in [9.17, 15) is 0 Å². The average molecular weight is 138 g/mol. The lowest BCUT2D eigenvalue weighted by Gasteiger charge is -2.13. The van der Waals surface area contributed by atoms with Gasteiger partial charge in [0.2, 0.25) is 0 Å². The van der Waals surface area contributed by atoms with Crippen molar-refractivity contribution in [3.8, 4) is 0 Å². The first-order valence-corrected chi connectivity index (χ1v) is 3.42. The van der Waals surface area contributed by atoms with Crippen LogP contribution in [0.2, 0.25) is 0 Å². The van der Waals surface area contributed by atoms with Crippen molar-refractivity contribution in [1.82, 2.24) is 4.57 Å². The summed E-state index contributed by atoms with van der Waals surface area (Å²) in [6.07, 6.45) is 0.